The van der Waals surface area contributed by atoms with E-state index in [4.69, 9.17) is 10.5 Å². The van der Waals surface area contributed by atoms with Gasteiger partial charge >= 0.3 is 5.97 Å². The Kier molecular flexibility index (Phi) is 5.57. The maximum Gasteiger partial charge on any atom is 0.322 e. The molecular formula is C13H19NO2. The Bertz CT molecular complexity index is 311. The van der Waals surface area contributed by atoms with Crippen molar-refractivity contribution in [2.24, 2.45) is 5.73 Å². The van der Waals surface area contributed by atoms with Gasteiger partial charge in [-0.1, -0.05) is 30.3 Å². The van der Waals surface area contributed by atoms with E-state index in [0.717, 1.165) is 12.8 Å². The van der Waals surface area contributed by atoms with Gasteiger partial charge in [0.1, 0.15) is 6.04 Å². The molecule has 0 aromatic heterocycles. The van der Waals surface area contributed by atoms with Gasteiger partial charge in [0.2, 0.25) is 0 Å². The first-order valence-corrected chi connectivity index (χ1v) is 5.70. The molecule has 0 radical (unpaired) electrons. The topological polar surface area (TPSA) is 52.3 Å². The van der Waals surface area contributed by atoms with Crippen LogP contribution in [0.5, 0.6) is 0 Å². The fourth-order valence-corrected chi connectivity index (χ4v) is 1.54. The second-order valence-electron chi connectivity index (χ2n) is 3.74. The first-order chi connectivity index (χ1) is 7.74. The summed E-state index contributed by atoms with van der Waals surface area (Å²) in [5.74, 6) is -0.296. The standard InChI is InChI=1S/C13H19NO2/c1-2-16-13(15)12(14)10-6-9-11-7-4-3-5-8-11/h3-5,7-8,12H,2,6,9-10,14H2,1H3/t12-/m0/s1. The molecule has 2 N–H and O–H groups in total. The summed E-state index contributed by atoms with van der Waals surface area (Å²) in [7, 11) is 0. The highest BCUT2D eigenvalue weighted by Gasteiger charge is 2.13. The Morgan fingerprint density at radius 1 is 1.38 bits per heavy atom. The Hall–Kier alpha value is -1.35. The molecule has 0 aliphatic heterocycles. The van der Waals surface area contributed by atoms with Crippen molar-refractivity contribution in [1.29, 1.82) is 0 Å². The molecule has 0 unspecified atom stereocenters. The zero-order valence-electron chi connectivity index (χ0n) is 9.69. The van der Waals surface area contributed by atoms with Crippen molar-refractivity contribution in [3.8, 4) is 0 Å². The van der Waals surface area contributed by atoms with E-state index in [1.165, 1.54) is 5.56 Å². The van der Waals surface area contributed by atoms with Crippen molar-refractivity contribution in [2.75, 3.05) is 6.61 Å². The van der Waals surface area contributed by atoms with Crippen molar-refractivity contribution in [1.82, 2.24) is 0 Å². The molecule has 0 saturated carbocycles. The number of rotatable bonds is 6. The molecule has 0 saturated heterocycles. The minimum atomic E-state index is -0.483. The van der Waals surface area contributed by atoms with Crippen molar-refractivity contribution in [3.63, 3.8) is 0 Å². The van der Waals surface area contributed by atoms with E-state index in [9.17, 15) is 4.79 Å². The first kappa shape index (κ1) is 12.7. The van der Waals surface area contributed by atoms with Gasteiger partial charge in [-0.3, -0.25) is 4.79 Å². The van der Waals surface area contributed by atoms with Crippen LogP contribution in [0, 0.1) is 0 Å². The zero-order chi connectivity index (χ0) is 11.8. The lowest BCUT2D eigenvalue weighted by Gasteiger charge is -2.09. The minimum absolute atomic E-state index is 0.296. The SMILES string of the molecule is CCOC(=O)[C@@H](N)CCCc1ccccc1. The maximum absolute atomic E-state index is 11.2. The Labute approximate surface area is 96.6 Å². The number of carbonyl (C=O) groups excluding carboxylic acids is 1. The summed E-state index contributed by atoms with van der Waals surface area (Å²) in [5, 5.41) is 0. The molecule has 1 aromatic rings. The Balaban J connectivity index is 2.23. The van der Waals surface area contributed by atoms with Gasteiger partial charge < -0.3 is 10.5 Å². The molecular weight excluding hydrogens is 202 g/mol. The Morgan fingerprint density at radius 3 is 2.69 bits per heavy atom. The number of aryl methyl sites for hydroxylation is 1. The van der Waals surface area contributed by atoms with Crippen LogP contribution in [0.1, 0.15) is 25.3 Å². The monoisotopic (exact) mass is 221 g/mol. The summed E-state index contributed by atoms with van der Waals surface area (Å²) in [4.78, 5) is 11.2. The molecule has 0 aliphatic rings. The number of esters is 1. The van der Waals surface area contributed by atoms with Crippen LogP contribution in [0.25, 0.3) is 0 Å². The van der Waals surface area contributed by atoms with Crippen LogP contribution in [-0.2, 0) is 16.0 Å². The molecule has 1 aromatic carbocycles. The molecule has 3 heteroatoms. The quantitative estimate of drug-likeness (QED) is 0.746. The fourth-order valence-electron chi connectivity index (χ4n) is 1.54. The minimum Gasteiger partial charge on any atom is -0.465 e. The molecule has 0 spiro atoms. The second-order valence-corrected chi connectivity index (χ2v) is 3.74. The van der Waals surface area contributed by atoms with Crippen LogP contribution in [0.3, 0.4) is 0 Å². The summed E-state index contributed by atoms with van der Waals surface area (Å²) in [6.45, 7) is 2.18. The molecule has 0 aliphatic carbocycles. The van der Waals surface area contributed by atoms with Gasteiger partial charge in [-0.15, -0.1) is 0 Å². The molecule has 0 heterocycles. The Morgan fingerprint density at radius 2 is 2.06 bits per heavy atom. The van der Waals surface area contributed by atoms with Crippen LogP contribution in [0.4, 0.5) is 0 Å². The predicted molar refractivity (Wildman–Crippen MR) is 64.0 cm³/mol. The van der Waals surface area contributed by atoms with Crippen LogP contribution >= 0.6 is 0 Å². The third-order valence-electron chi connectivity index (χ3n) is 2.41. The normalized spacial score (nSPS) is 12.1. The summed E-state index contributed by atoms with van der Waals surface area (Å²) in [6.07, 6.45) is 2.53. The van der Waals surface area contributed by atoms with E-state index in [-0.39, 0.29) is 5.97 Å². The molecule has 1 atom stereocenters. The second kappa shape index (κ2) is 7.01. The van der Waals surface area contributed by atoms with Gasteiger partial charge in [0.05, 0.1) is 6.61 Å². The zero-order valence-corrected chi connectivity index (χ0v) is 9.69. The highest BCUT2D eigenvalue weighted by molar-refractivity contribution is 5.75. The van der Waals surface area contributed by atoms with Gasteiger partial charge in [0, 0.05) is 0 Å². The number of nitrogens with two attached hydrogens (primary N) is 1. The van der Waals surface area contributed by atoms with E-state index in [2.05, 4.69) is 12.1 Å². The van der Waals surface area contributed by atoms with Crippen LogP contribution in [0.15, 0.2) is 30.3 Å². The average molecular weight is 221 g/mol. The molecule has 0 amide bonds. The molecule has 88 valence electrons. The smallest absolute Gasteiger partial charge is 0.322 e. The summed E-state index contributed by atoms with van der Waals surface area (Å²) in [6, 6.07) is 9.70. The van der Waals surface area contributed by atoms with Gasteiger partial charge in [-0.2, -0.15) is 0 Å². The third-order valence-corrected chi connectivity index (χ3v) is 2.41. The number of hydrogen-bond acceptors (Lipinski definition) is 3. The molecule has 1 rings (SSSR count). The molecule has 3 nitrogen and oxygen atoms in total. The maximum atomic E-state index is 11.2. The van der Waals surface area contributed by atoms with E-state index in [1.807, 2.05) is 18.2 Å². The van der Waals surface area contributed by atoms with Gasteiger partial charge in [0.25, 0.3) is 0 Å². The number of carbonyl (C=O) groups is 1. The predicted octanol–water partition coefficient (Wildman–Crippen LogP) is 1.90. The number of ether oxygens (including phenoxy) is 1. The van der Waals surface area contributed by atoms with Crippen LogP contribution < -0.4 is 5.73 Å². The lowest BCUT2D eigenvalue weighted by Crippen LogP contribution is -2.32. The summed E-state index contributed by atoms with van der Waals surface area (Å²) < 4.78 is 4.84. The summed E-state index contributed by atoms with van der Waals surface area (Å²) >= 11 is 0. The number of benzene rings is 1. The largest absolute Gasteiger partial charge is 0.465 e. The average Bonchev–Trinajstić information content (AvgIpc) is 2.30. The number of hydrogen-bond donors (Lipinski definition) is 1. The highest BCUT2D eigenvalue weighted by Crippen LogP contribution is 2.06. The first-order valence-electron chi connectivity index (χ1n) is 5.70. The van der Waals surface area contributed by atoms with Gasteiger partial charge in [0.15, 0.2) is 0 Å². The lowest BCUT2D eigenvalue weighted by molar-refractivity contribution is -0.144. The molecule has 0 fully saturated rings. The van der Waals surface area contributed by atoms with Crippen LogP contribution in [-0.4, -0.2) is 18.6 Å². The third kappa shape index (κ3) is 4.45. The summed E-state index contributed by atoms with van der Waals surface area (Å²) in [5.41, 5.74) is 6.97. The van der Waals surface area contributed by atoms with Crippen molar-refractivity contribution in [3.05, 3.63) is 35.9 Å². The molecule has 16 heavy (non-hydrogen) atoms. The van der Waals surface area contributed by atoms with Crippen molar-refractivity contribution in [2.45, 2.75) is 32.2 Å². The van der Waals surface area contributed by atoms with Gasteiger partial charge in [-0.25, -0.2) is 0 Å². The van der Waals surface area contributed by atoms with Gasteiger partial charge in [-0.05, 0) is 31.7 Å². The van der Waals surface area contributed by atoms with E-state index >= 15 is 0 Å². The highest BCUT2D eigenvalue weighted by atomic mass is 16.5. The fraction of sp³-hybridized carbons (Fsp3) is 0.462. The van der Waals surface area contributed by atoms with Crippen molar-refractivity contribution < 1.29 is 9.53 Å². The molecule has 0 bridgehead atoms. The van der Waals surface area contributed by atoms with E-state index in [0.29, 0.717) is 13.0 Å². The van der Waals surface area contributed by atoms with Crippen molar-refractivity contribution >= 4 is 5.97 Å². The lowest BCUT2D eigenvalue weighted by atomic mass is 10.1. The van der Waals surface area contributed by atoms with E-state index in [1.54, 1.807) is 6.92 Å². The van der Waals surface area contributed by atoms with Crippen LogP contribution in [0.2, 0.25) is 0 Å². The van der Waals surface area contributed by atoms with E-state index < -0.39 is 6.04 Å².